The van der Waals surface area contributed by atoms with Crippen molar-refractivity contribution >= 4 is 23.4 Å². The first-order chi connectivity index (χ1) is 14.7. The molecule has 31 heavy (non-hydrogen) atoms. The molecule has 1 N–H and O–H groups in total. The normalized spacial score (nSPS) is 14.7. The smallest absolute Gasteiger partial charge is 0.256 e. The maximum atomic E-state index is 13.3. The fourth-order valence-electron chi connectivity index (χ4n) is 3.96. The molecule has 1 aromatic carbocycles. The molecule has 0 atom stereocenters. The number of benzene rings is 1. The van der Waals surface area contributed by atoms with Crippen molar-refractivity contribution in [1.29, 1.82) is 0 Å². The Kier molecular flexibility index (Phi) is 7.38. The summed E-state index contributed by atoms with van der Waals surface area (Å²) in [5.74, 6) is -0.505. The molecule has 8 heteroatoms. The van der Waals surface area contributed by atoms with Gasteiger partial charge in [-0.2, -0.15) is 0 Å². The fraction of sp³-hybridized carbons (Fsp3) is 0.478. The first-order valence-electron chi connectivity index (χ1n) is 10.5. The van der Waals surface area contributed by atoms with Crippen LogP contribution in [0.1, 0.15) is 39.3 Å². The van der Waals surface area contributed by atoms with Crippen LogP contribution < -0.4 is 5.32 Å². The van der Waals surface area contributed by atoms with Gasteiger partial charge in [-0.1, -0.05) is 17.7 Å². The molecule has 1 aliphatic heterocycles. The largest absolute Gasteiger partial charge is 0.352 e. The standard InChI is InChI=1S/C23H30ClFN4O2/c1-15-19(7-8-21(30)26-14-17-5-6-18(25)13-20(17)24)22(16(2)28(15)4)23(31)29-11-9-27(3)10-12-29/h5-6,13H,7-12,14H2,1-4H3,(H,26,30). The lowest BCUT2D eigenvalue weighted by Crippen LogP contribution is -2.47. The number of rotatable bonds is 6. The van der Waals surface area contributed by atoms with Gasteiger partial charge in [0.2, 0.25) is 5.91 Å². The van der Waals surface area contributed by atoms with Gasteiger partial charge >= 0.3 is 0 Å². The zero-order valence-corrected chi connectivity index (χ0v) is 19.4. The number of likely N-dealkylation sites (N-methyl/N-ethyl adjacent to an activating group) is 1. The van der Waals surface area contributed by atoms with Crippen molar-refractivity contribution in [2.45, 2.75) is 33.2 Å². The Morgan fingerprint density at radius 1 is 1.10 bits per heavy atom. The Balaban J connectivity index is 1.67. The minimum Gasteiger partial charge on any atom is -0.352 e. The van der Waals surface area contributed by atoms with Crippen LogP contribution in [-0.2, 0) is 24.8 Å². The van der Waals surface area contributed by atoms with Crippen molar-refractivity contribution < 1.29 is 14.0 Å². The molecule has 2 heterocycles. The van der Waals surface area contributed by atoms with E-state index in [0.29, 0.717) is 25.1 Å². The van der Waals surface area contributed by atoms with Gasteiger partial charge in [0.1, 0.15) is 5.82 Å². The molecule has 0 bridgehead atoms. The molecule has 0 spiro atoms. The Hall–Kier alpha value is -2.38. The average Bonchev–Trinajstić information content (AvgIpc) is 2.95. The van der Waals surface area contributed by atoms with Crippen LogP contribution in [0.15, 0.2) is 18.2 Å². The van der Waals surface area contributed by atoms with Gasteiger partial charge in [-0.25, -0.2) is 4.39 Å². The van der Waals surface area contributed by atoms with Gasteiger partial charge in [-0.15, -0.1) is 0 Å². The Labute approximate surface area is 188 Å². The van der Waals surface area contributed by atoms with Crippen LogP contribution in [-0.4, -0.2) is 59.4 Å². The number of carbonyl (C=O) groups excluding carboxylic acids is 2. The summed E-state index contributed by atoms with van der Waals surface area (Å²) in [6.07, 6.45) is 0.734. The molecular weight excluding hydrogens is 419 g/mol. The quantitative estimate of drug-likeness (QED) is 0.738. The summed E-state index contributed by atoms with van der Waals surface area (Å²) in [4.78, 5) is 29.9. The maximum Gasteiger partial charge on any atom is 0.256 e. The SMILES string of the molecule is Cc1c(CCC(=O)NCc2ccc(F)cc2Cl)c(C(=O)N2CCN(C)CC2)c(C)n1C. The number of nitrogens with zero attached hydrogens (tertiary/aromatic N) is 3. The second kappa shape index (κ2) is 9.83. The number of aromatic nitrogens is 1. The Bertz CT molecular complexity index is 980. The van der Waals surface area contributed by atoms with Gasteiger partial charge in [0, 0.05) is 62.6 Å². The average molecular weight is 449 g/mol. The zero-order valence-electron chi connectivity index (χ0n) is 18.6. The molecule has 6 nitrogen and oxygen atoms in total. The van der Waals surface area contributed by atoms with E-state index in [-0.39, 0.29) is 29.8 Å². The van der Waals surface area contributed by atoms with E-state index in [1.165, 1.54) is 12.1 Å². The topological polar surface area (TPSA) is 57.6 Å². The summed E-state index contributed by atoms with van der Waals surface area (Å²) in [5.41, 5.74) is 4.24. The van der Waals surface area contributed by atoms with Crippen molar-refractivity contribution in [3.63, 3.8) is 0 Å². The summed E-state index contributed by atoms with van der Waals surface area (Å²) >= 11 is 6.03. The Morgan fingerprint density at radius 2 is 1.77 bits per heavy atom. The van der Waals surface area contributed by atoms with E-state index in [1.54, 1.807) is 6.07 Å². The highest BCUT2D eigenvalue weighted by Gasteiger charge is 2.27. The van der Waals surface area contributed by atoms with E-state index in [1.807, 2.05) is 30.4 Å². The molecule has 1 aromatic heterocycles. The summed E-state index contributed by atoms with van der Waals surface area (Å²) in [6.45, 7) is 7.32. The number of amides is 2. The van der Waals surface area contributed by atoms with Gasteiger partial charge in [0.05, 0.1) is 5.56 Å². The minimum absolute atomic E-state index is 0.0443. The molecule has 168 valence electrons. The monoisotopic (exact) mass is 448 g/mol. The third-order valence-electron chi connectivity index (χ3n) is 6.20. The third-order valence-corrected chi connectivity index (χ3v) is 6.56. The van der Waals surface area contributed by atoms with Gasteiger partial charge in [-0.05, 0) is 50.6 Å². The molecule has 1 aliphatic rings. The van der Waals surface area contributed by atoms with Gasteiger partial charge < -0.3 is 19.7 Å². The first kappa shape index (κ1) is 23.3. The number of nitrogens with one attached hydrogen (secondary N) is 1. The van der Waals surface area contributed by atoms with Crippen LogP contribution in [0.4, 0.5) is 4.39 Å². The number of hydrogen-bond donors (Lipinski definition) is 1. The van der Waals surface area contributed by atoms with E-state index >= 15 is 0 Å². The predicted octanol–water partition coefficient (Wildman–Crippen LogP) is 3.07. The van der Waals surface area contributed by atoms with E-state index in [9.17, 15) is 14.0 Å². The summed E-state index contributed by atoms with van der Waals surface area (Å²) < 4.78 is 15.2. The Morgan fingerprint density at radius 3 is 2.42 bits per heavy atom. The molecule has 0 unspecified atom stereocenters. The molecule has 0 radical (unpaired) electrons. The van der Waals surface area contributed by atoms with Crippen LogP contribution in [0.2, 0.25) is 5.02 Å². The predicted molar refractivity (Wildman–Crippen MR) is 120 cm³/mol. The minimum atomic E-state index is -0.410. The van der Waals surface area contributed by atoms with Crippen molar-refractivity contribution in [2.75, 3.05) is 33.2 Å². The molecule has 1 fully saturated rings. The van der Waals surface area contributed by atoms with E-state index in [0.717, 1.165) is 35.6 Å². The third kappa shape index (κ3) is 5.28. The summed E-state index contributed by atoms with van der Waals surface area (Å²) in [6, 6.07) is 4.12. The highest BCUT2D eigenvalue weighted by atomic mass is 35.5. The van der Waals surface area contributed by atoms with Gasteiger partial charge in [0.25, 0.3) is 5.91 Å². The lowest BCUT2D eigenvalue weighted by Gasteiger charge is -2.32. The number of piperazine rings is 1. The van der Waals surface area contributed by atoms with Gasteiger partial charge in [0.15, 0.2) is 0 Å². The van der Waals surface area contributed by atoms with Gasteiger partial charge in [-0.3, -0.25) is 9.59 Å². The van der Waals surface area contributed by atoms with Crippen LogP contribution in [0, 0.1) is 19.7 Å². The van der Waals surface area contributed by atoms with Crippen molar-refractivity contribution in [3.8, 4) is 0 Å². The summed E-state index contributed by atoms with van der Waals surface area (Å²) in [5, 5.41) is 3.12. The van der Waals surface area contributed by atoms with E-state index < -0.39 is 5.82 Å². The van der Waals surface area contributed by atoms with Crippen molar-refractivity contribution in [1.82, 2.24) is 19.7 Å². The number of halogens is 2. The second-order valence-electron chi connectivity index (χ2n) is 8.19. The first-order valence-corrected chi connectivity index (χ1v) is 10.9. The van der Waals surface area contributed by atoms with Crippen molar-refractivity contribution in [2.24, 2.45) is 7.05 Å². The van der Waals surface area contributed by atoms with Crippen LogP contribution in [0.3, 0.4) is 0 Å². The molecule has 0 saturated carbocycles. The highest BCUT2D eigenvalue weighted by molar-refractivity contribution is 6.31. The lowest BCUT2D eigenvalue weighted by molar-refractivity contribution is -0.121. The summed E-state index contributed by atoms with van der Waals surface area (Å²) in [7, 11) is 4.01. The van der Waals surface area contributed by atoms with Crippen LogP contribution in [0.5, 0.6) is 0 Å². The maximum absolute atomic E-state index is 13.3. The van der Waals surface area contributed by atoms with E-state index in [2.05, 4.69) is 17.3 Å². The lowest BCUT2D eigenvalue weighted by atomic mass is 10.0. The molecule has 1 saturated heterocycles. The van der Waals surface area contributed by atoms with Crippen LogP contribution >= 0.6 is 11.6 Å². The zero-order chi connectivity index (χ0) is 22.7. The molecular formula is C23H30ClFN4O2. The fourth-order valence-corrected chi connectivity index (χ4v) is 4.20. The van der Waals surface area contributed by atoms with Crippen LogP contribution in [0.25, 0.3) is 0 Å². The van der Waals surface area contributed by atoms with Crippen molar-refractivity contribution in [3.05, 3.63) is 57.1 Å². The molecule has 2 aromatic rings. The molecule has 2 amide bonds. The molecule has 0 aliphatic carbocycles. The van der Waals surface area contributed by atoms with E-state index in [4.69, 9.17) is 11.6 Å². The molecule has 3 rings (SSSR count). The highest BCUT2D eigenvalue weighted by Crippen LogP contribution is 2.25. The number of carbonyl (C=O) groups is 2. The second-order valence-corrected chi connectivity index (χ2v) is 8.60. The number of hydrogen-bond acceptors (Lipinski definition) is 3.